The molecule has 0 saturated carbocycles. The van der Waals surface area contributed by atoms with Gasteiger partial charge in [-0.15, -0.1) is 0 Å². The van der Waals surface area contributed by atoms with Crippen molar-refractivity contribution in [3.05, 3.63) is 100.0 Å². The van der Waals surface area contributed by atoms with Crippen LogP contribution in [-0.4, -0.2) is 44.8 Å². The van der Waals surface area contributed by atoms with Gasteiger partial charge in [0.25, 0.3) is 11.1 Å². The van der Waals surface area contributed by atoms with Crippen molar-refractivity contribution in [2.45, 2.75) is 13.1 Å². The average Bonchev–Trinajstić information content (AvgIpc) is 3.58. The number of furan rings is 1. The van der Waals surface area contributed by atoms with Crippen LogP contribution in [-0.2, 0) is 22.6 Å². The zero-order valence-electron chi connectivity index (χ0n) is 19.5. The molecule has 1 aliphatic heterocycles. The van der Waals surface area contributed by atoms with Gasteiger partial charge in [0.1, 0.15) is 5.76 Å². The third kappa shape index (κ3) is 4.78. The van der Waals surface area contributed by atoms with Crippen molar-refractivity contribution >= 4 is 51.8 Å². The lowest BCUT2D eigenvalue weighted by Crippen LogP contribution is -2.27. The minimum atomic E-state index is -0.994. The molecule has 0 atom stereocenters. The molecule has 2 amide bonds. The first-order valence-electron chi connectivity index (χ1n) is 11.2. The minimum absolute atomic E-state index is 0.0123. The Labute approximate surface area is 214 Å². The van der Waals surface area contributed by atoms with Crippen molar-refractivity contribution in [3.8, 4) is 0 Å². The van der Waals surface area contributed by atoms with Gasteiger partial charge in [-0.3, -0.25) is 14.5 Å². The molecule has 0 bridgehead atoms. The molecule has 2 aromatic heterocycles. The van der Waals surface area contributed by atoms with Crippen molar-refractivity contribution in [2.24, 2.45) is 0 Å². The molecule has 9 nitrogen and oxygen atoms in total. The van der Waals surface area contributed by atoms with E-state index in [1.54, 1.807) is 24.3 Å². The number of aromatic nitrogens is 1. The Hall–Kier alpha value is -4.57. The number of para-hydroxylation sites is 1. The normalized spacial score (nSPS) is 14.6. The molecule has 10 heteroatoms. The van der Waals surface area contributed by atoms with Gasteiger partial charge in [-0.1, -0.05) is 30.3 Å². The van der Waals surface area contributed by atoms with E-state index in [1.165, 1.54) is 19.2 Å². The summed E-state index contributed by atoms with van der Waals surface area (Å²) in [5, 5.41) is 9.74. The van der Waals surface area contributed by atoms with Gasteiger partial charge in [0.05, 0.1) is 24.1 Å². The SMILES string of the molecule is COC(=O)c1ccc(CN2C(=O)S/C(=C/c3cn(Cc4cccc(C(=O)O)c4)c4ccccc34)C2=O)o1. The van der Waals surface area contributed by atoms with Gasteiger partial charge in [-0.2, -0.15) is 0 Å². The van der Waals surface area contributed by atoms with E-state index in [0.717, 1.165) is 38.7 Å². The maximum Gasteiger partial charge on any atom is 0.373 e. The summed E-state index contributed by atoms with van der Waals surface area (Å²) in [6.45, 7) is 0.318. The molecule has 5 rings (SSSR count). The average molecular weight is 517 g/mol. The van der Waals surface area contributed by atoms with E-state index in [4.69, 9.17) is 4.42 Å². The second kappa shape index (κ2) is 9.82. The first kappa shape index (κ1) is 24.1. The number of ether oxygens (including phenoxy) is 1. The summed E-state index contributed by atoms with van der Waals surface area (Å²) in [5.74, 6) is -1.83. The number of rotatable bonds is 7. The highest BCUT2D eigenvalue weighted by molar-refractivity contribution is 8.18. The van der Waals surface area contributed by atoms with Gasteiger partial charge in [0.15, 0.2) is 0 Å². The largest absolute Gasteiger partial charge is 0.478 e. The van der Waals surface area contributed by atoms with Crippen molar-refractivity contribution in [1.82, 2.24) is 9.47 Å². The number of carbonyl (C=O) groups excluding carboxylic acids is 3. The van der Waals surface area contributed by atoms with E-state index in [9.17, 15) is 24.3 Å². The van der Waals surface area contributed by atoms with Crippen molar-refractivity contribution in [3.63, 3.8) is 0 Å². The number of hydrogen-bond acceptors (Lipinski definition) is 7. The van der Waals surface area contributed by atoms with Crippen LogP contribution in [0.2, 0.25) is 0 Å². The highest BCUT2D eigenvalue weighted by atomic mass is 32.2. The summed E-state index contributed by atoms with van der Waals surface area (Å²) in [5.41, 5.74) is 2.68. The van der Waals surface area contributed by atoms with Gasteiger partial charge in [-0.25, -0.2) is 9.59 Å². The Balaban J connectivity index is 1.42. The summed E-state index contributed by atoms with van der Waals surface area (Å²) in [4.78, 5) is 50.0. The number of hydrogen-bond donors (Lipinski definition) is 1. The van der Waals surface area contributed by atoms with E-state index in [0.29, 0.717) is 6.54 Å². The van der Waals surface area contributed by atoms with E-state index in [2.05, 4.69) is 4.74 Å². The molecule has 0 radical (unpaired) electrons. The Morgan fingerprint density at radius 3 is 2.65 bits per heavy atom. The van der Waals surface area contributed by atoms with E-state index in [1.807, 2.05) is 41.1 Å². The van der Waals surface area contributed by atoms with E-state index < -0.39 is 23.1 Å². The van der Waals surface area contributed by atoms with Crippen LogP contribution in [0.4, 0.5) is 4.79 Å². The van der Waals surface area contributed by atoms with Crippen LogP contribution >= 0.6 is 11.8 Å². The maximum absolute atomic E-state index is 13.1. The number of carbonyl (C=O) groups is 4. The Bertz CT molecular complexity index is 1600. The molecule has 0 aliphatic carbocycles. The third-order valence-corrected chi connectivity index (χ3v) is 6.78. The number of esters is 1. The fraction of sp³-hybridized carbons (Fsp3) is 0.111. The smallest absolute Gasteiger partial charge is 0.373 e. The van der Waals surface area contributed by atoms with Crippen LogP contribution in [0.5, 0.6) is 0 Å². The zero-order chi connectivity index (χ0) is 26.1. The number of carboxylic acids is 1. The Morgan fingerprint density at radius 1 is 1.05 bits per heavy atom. The number of carboxylic acid groups (broad SMARTS) is 1. The lowest BCUT2D eigenvalue weighted by atomic mass is 10.1. The second-order valence-electron chi connectivity index (χ2n) is 8.26. The van der Waals surface area contributed by atoms with Gasteiger partial charge in [0, 0.05) is 29.2 Å². The topological polar surface area (TPSA) is 119 Å². The lowest BCUT2D eigenvalue weighted by Gasteiger charge is -2.09. The number of methoxy groups -OCH3 is 1. The molecule has 1 saturated heterocycles. The van der Waals surface area contributed by atoms with Gasteiger partial charge in [0.2, 0.25) is 5.76 Å². The lowest BCUT2D eigenvalue weighted by molar-refractivity contribution is -0.123. The predicted molar refractivity (Wildman–Crippen MR) is 136 cm³/mol. The summed E-state index contributed by atoms with van der Waals surface area (Å²) < 4.78 is 12.0. The van der Waals surface area contributed by atoms with Crippen LogP contribution in [0.15, 0.2) is 76.2 Å². The number of nitrogens with zero attached hydrogens (tertiary/aromatic N) is 2. The highest BCUT2D eigenvalue weighted by Gasteiger charge is 2.36. The number of amides is 2. The molecule has 37 heavy (non-hydrogen) atoms. The molecule has 1 N–H and O–H groups in total. The summed E-state index contributed by atoms with van der Waals surface area (Å²) in [7, 11) is 1.23. The predicted octanol–water partition coefficient (Wildman–Crippen LogP) is 5.00. The quantitative estimate of drug-likeness (QED) is 0.269. The molecule has 3 heterocycles. The Kier molecular flexibility index (Phi) is 6.41. The number of aromatic carboxylic acids is 1. The van der Waals surface area contributed by atoms with Crippen LogP contribution in [0.1, 0.15) is 37.8 Å². The van der Waals surface area contributed by atoms with Crippen molar-refractivity contribution in [2.75, 3.05) is 7.11 Å². The molecule has 4 aromatic rings. The molecule has 1 aliphatic rings. The third-order valence-electron chi connectivity index (χ3n) is 5.87. The molecular formula is C27H20N2O7S. The Morgan fingerprint density at radius 2 is 1.86 bits per heavy atom. The summed E-state index contributed by atoms with van der Waals surface area (Å²) in [6, 6.07) is 17.3. The molecule has 186 valence electrons. The van der Waals surface area contributed by atoms with Crippen LogP contribution < -0.4 is 0 Å². The van der Waals surface area contributed by atoms with E-state index in [-0.39, 0.29) is 28.5 Å². The number of fused-ring (bicyclic) bond motifs is 1. The van der Waals surface area contributed by atoms with Gasteiger partial charge >= 0.3 is 11.9 Å². The van der Waals surface area contributed by atoms with E-state index >= 15 is 0 Å². The summed E-state index contributed by atoms with van der Waals surface area (Å²) >= 11 is 0.831. The number of benzene rings is 2. The first-order chi connectivity index (χ1) is 17.8. The van der Waals surface area contributed by atoms with Gasteiger partial charge in [-0.05, 0) is 53.7 Å². The monoisotopic (exact) mass is 516 g/mol. The minimum Gasteiger partial charge on any atom is -0.478 e. The van der Waals surface area contributed by atoms with Crippen LogP contribution in [0.25, 0.3) is 17.0 Å². The molecule has 0 unspecified atom stereocenters. The van der Waals surface area contributed by atoms with Gasteiger partial charge < -0.3 is 18.8 Å². The maximum atomic E-state index is 13.1. The molecule has 2 aromatic carbocycles. The van der Waals surface area contributed by atoms with Crippen LogP contribution in [0, 0.1) is 0 Å². The fourth-order valence-electron chi connectivity index (χ4n) is 4.13. The van der Waals surface area contributed by atoms with Crippen molar-refractivity contribution in [1.29, 1.82) is 0 Å². The fourth-order valence-corrected chi connectivity index (χ4v) is 4.96. The zero-order valence-corrected chi connectivity index (χ0v) is 20.4. The van der Waals surface area contributed by atoms with Crippen LogP contribution in [0.3, 0.4) is 0 Å². The molecule has 0 spiro atoms. The molecular weight excluding hydrogens is 496 g/mol. The number of imide groups is 1. The highest BCUT2D eigenvalue weighted by Crippen LogP contribution is 2.35. The van der Waals surface area contributed by atoms with Crippen molar-refractivity contribution < 1.29 is 33.4 Å². The number of thioether (sulfide) groups is 1. The molecule has 1 fully saturated rings. The second-order valence-corrected chi connectivity index (χ2v) is 9.25. The standard InChI is InChI=1S/C27H20N2O7S/c1-35-26(33)22-10-9-19(36-22)15-29-24(30)23(37-27(29)34)12-18-14-28(21-8-3-2-7-20(18)21)13-16-5-4-6-17(11-16)25(31)32/h2-12,14H,13,15H2,1H3,(H,31,32)/b23-12+. The first-order valence-corrected chi connectivity index (χ1v) is 12.0. The summed E-state index contributed by atoms with van der Waals surface area (Å²) in [6.07, 6.45) is 3.56.